The van der Waals surface area contributed by atoms with E-state index in [-0.39, 0.29) is 17.8 Å². The maximum Gasteiger partial charge on any atom is 0.257 e. The van der Waals surface area contributed by atoms with Crippen LogP contribution in [0.1, 0.15) is 18.2 Å². The number of nitrogens with zero attached hydrogens (tertiary/aromatic N) is 2. The van der Waals surface area contributed by atoms with Gasteiger partial charge < -0.3 is 19.0 Å². The van der Waals surface area contributed by atoms with Gasteiger partial charge in [0.25, 0.3) is 5.22 Å². The van der Waals surface area contributed by atoms with Crippen molar-refractivity contribution in [3.05, 3.63) is 59.8 Å². The Kier molecular flexibility index (Phi) is 4.92. The molecule has 0 bridgehead atoms. The third kappa shape index (κ3) is 3.91. The largest absolute Gasteiger partial charge is 0.490 e. The average molecular weight is 421 g/mol. The molecule has 1 N–H and O–H groups in total. The van der Waals surface area contributed by atoms with Crippen LogP contribution in [0, 0.1) is 0 Å². The normalized spacial score (nSPS) is 15.2. The highest BCUT2D eigenvalue weighted by atomic mass is 32.2. The minimum absolute atomic E-state index is 0.129. The van der Waals surface area contributed by atoms with Crippen LogP contribution in [-0.4, -0.2) is 27.9 Å². The van der Waals surface area contributed by atoms with Crippen LogP contribution in [0.3, 0.4) is 0 Å². The number of carbonyl (C=O) groups is 1. The molecular formula is C22H19N3O4S. The van der Waals surface area contributed by atoms with E-state index in [2.05, 4.69) is 28.4 Å². The van der Waals surface area contributed by atoms with Gasteiger partial charge >= 0.3 is 0 Å². The van der Waals surface area contributed by atoms with Crippen LogP contribution < -0.4 is 10.1 Å². The first-order valence-corrected chi connectivity index (χ1v) is 10.6. The Hall–Kier alpha value is -3.26. The Morgan fingerprint density at radius 1 is 1.23 bits per heavy atom. The van der Waals surface area contributed by atoms with Crippen molar-refractivity contribution in [2.75, 3.05) is 5.75 Å². The molecule has 0 saturated heterocycles. The standard InChI is InChI=1S/C22H19N3O4S/c1-13-8-15-9-14(6-7-18(15)27-13)20-10-16(25-29-20)11-23-21(26)12-30-22-24-17-4-2-3-5-19(17)28-22/h2-7,9-10,13H,8,11-12H2,1H3,(H,23,26). The maximum absolute atomic E-state index is 12.2. The number of hydrogen-bond donors (Lipinski definition) is 1. The molecule has 5 rings (SSSR count). The number of benzene rings is 2. The molecule has 7 nitrogen and oxygen atoms in total. The van der Waals surface area contributed by atoms with Gasteiger partial charge in [0, 0.05) is 18.1 Å². The number of amides is 1. The van der Waals surface area contributed by atoms with Gasteiger partial charge in [-0.15, -0.1) is 0 Å². The molecule has 30 heavy (non-hydrogen) atoms. The quantitative estimate of drug-likeness (QED) is 0.466. The molecule has 0 aliphatic carbocycles. The summed E-state index contributed by atoms with van der Waals surface area (Å²) in [4.78, 5) is 16.5. The predicted octanol–water partition coefficient (Wildman–Crippen LogP) is 4.21. The number of thioether (sulfide) groups is 1. The van der Waals surface area contributed by atoms with Gasteiger partial charge in [-0.2, -0.15) is 0 Å². The molecule has 1 atom stereocenters. The SMILES string of the molecule is CC1Cc2cc(-c3cc(CNC(=O)CSc4nc5ccccc5o4)no3)ccc2O1. The monoisotopic (exact) mass is 421 g/mol. The summed E-state index contributed by atoms with van der Waals surface area (Å²) in [6.45, 7) is 2.35. The molecule has 0 spiro atoms. The van der Waals surface area contributed by atoms with E-state index in [1.165, 1.54) is 17.3 Å². The molecule has 3 heterocycles. The van der Waals surface area contributed by atoms with Gasteiger partial charge in [-0.05, 0) is 42.8 Å². The summed E-state index contributed by atoms with van der Waals surface area (Å²) in [5, 5.41) is 7.38. The smallest absolute Gasteiger partial charge is 0.257 e. The molecule has 1 aliphatic rings. The van der Waals surface area contributed by atoms with Gasteiger partial charge in [0.1, 0.15) is 23.1 Å². The number of hydrogen-bond acceptors (Lipinski definition) is 7. The fourth-order valence-electron chi connectivity index (χ4n) is 3.39. The summed E-state index contributed by atoms with van der Waals surface area (Å²) >= 11 is 1.26. The second-order valence-electron chi connectivity index (χ2n) is 7.15. The van der Waals surface area contributed by atoms with Crippen molar-refractivity contribution in [1.82, 2.24) is 15.5 Å². The van der Waals surface area contributed by atoms with E-state index in [9.17, 15) is 4.79 Å². The maximum atomic E-state index is 12.2. The molecule has 1 amide bonds. The Balaban J connectivity index is 1.16. The zero-order valence-corrected chi connectivity index (χ0v) is 17.1. The van der Waals surface area contributed by atoms with Crippen LogP contribution in [0.15, 0.2) is 62.7 Å². The first-order chi connectivity index (χ1) is 14.6. The number of aromatic nitrogens is 2. The first-order valence-electron chi connectivity index (χ1n) is 9.65. The molecule has 0 fully saturated rings. The van der Waals surface area contributed by atoms with Crippen LogP contribution >= 0.6 is 11.8 Å². The Labute approximate surface area is 176 Å². The third-order valence-corrected chi connectivity index (χ3v) is 5.64. The Morgan fingerprint density at radius 2 is 2.13 bits per heavy atom. The van der Waals surface area contributed by atoms with E-state index in [0.717, 1.165) is 23.3 Å². The first kappa shape index (κ1) is 18.7. The van der Waals surface area contributed by atoms with E-state index in [1.807, 2.05) is 42.5 Å². The van der Waals surface area contributed by atoms with Crippen molar-refractivity contribution in [3.8, 4) is 17.1 Å². The van der Waals surface area contributed by atoms with Crippen molar-refractivity contribution < 1.29 is 18.5 Å². The van der Waals surface area contributed by atoms with Gasteiger partial charge in [-0.25, -0.2) is 4.98 Å². The topological polar surface area (TPSA) is 90.4 Å². The molecule has 2 aromatic heterocycles. The van der Waals surface area contributed by atoms with Gasteiger partial charge in [0.2, 0.25) is 5.91 Å². The molecular weight excluding hydrogens is 402 g/mol. The van der Waals surface area contributed by atoms with Crippen molar-refractivity contribution in [3.63, 3.8) is 0 Å². The molecule has 1 unspecified atom stereocenters. The highest BCUT2D eigenvalue weighted by Gasteiger charge is 2.20. The Morgan fingerprint density at radius 3 is 3.03 bits per heavy atom. The Bertz CT molecular complexity index is 1180. The van der Waals surface area contributed by atoms with E-state index >= 15 is 0 Å². The van der Waals surface area contributed by atoms with Crippen LogP contribution in [0.25, 0.3) is 22.4 Å². The zero-order valence-electron chi connectivity index (χ0n) is 16.3. The lowest BCUT2D eigenvalue weighted by atomic mass is 10.1. The lowest BCUT2D eigenvalue weighted by molar-refractivity contribution is -0.118. The number of rotatable bonds is 6. The summed E-state index contributed by atoms with van der Waals surface area (Å²) in [5.41, 5.74) is 4.27. The van der Waals surface area contributed by atoms with E-state index in [1.54, 1.807) is 0 Å². The van der Waals surface area contributed by atoms with Gasteiger partial charge in [-0.3, -0.25) is 4.79 Å². The minimum atomic E-state index is -0.129. The number of nitrogens with one attached hydrogen (secondary N) is 1. The summed E-state index contributed by atoms with van der Waals surface area (Å²) in [7, 11) is 0. The predicted molar refractivity (Wildman–Crippen MR) is 112 cm³/mol. The fraction of sp³-hybridized carbons (Fsp3) is 0.227. The van der Waals surface area contributed by atoms with E-state index < -0.39 is 0 Å². The highest BCUT2D eigenvalue weighted by Crippen LogP contribution is 2.33. The third-order valence-electron chi connectivity index (χ3n) is 4.81. The molecule has 2 aromatic carbocycles. The summed E-state index contributed by atoms with van der Waals surface area (Å²) in [5.74, 6) is 1.67. The molecule has 0 radical (unpaired) electrons. The number of ether oxygens (including phenoxy) is 1. The van der Waals surface area contributed by atoms with E-state index in [0.29, 0.717) is 28.8 Å². The fourth-order valence-corrected chi connectivity index (χ4v) is 4.05. The molecule has 0 saturated carbocycles. The number of carbonyl (C=O) groups excluding carboxylic acids is 1. The van der Waals surface area contributed by atoms with Crippen LogP contribution in [0.4, 0.5) is 0 Å². The lowest BCUT2D eigenvalue weighted by Gasteiger charge is -2.02. The van der Waals surface area contributed by atoms with Crippen LogP contribution in [-0.2, 0) is 17.8 Å². The molecule has 8 heteroatoms. The van der Waals surface area contributed by atoms with E-state index in [4.69, 9.17) is 13.7 Å². The van der Waals surface area contributed by atoms with Crippen molar-refractivity contribution >= 4 is 28.8 Å². The second-order valence-corrected chi connectivity index (χ2v) is 8.08. The van der Waals surface area contributed by atoms with Gasteiger partial charge in [0.15, 0.2) is 11.3 Å². The zero-order chi connectivity index (χ0) is 20.5. The second kappa shape index (κ2) is 7.87. The summed E-state index contributed by atoms with van der Waals surface area (Å²) in [6.07, 6.45) is 1.08. The van der Waals surface area contributed by atoms with Crippen molar-refractivity contribution in [1.29, 1.82) is 0 Å². The van der Waals surface area contributed by atoms with Gasteiger partial charge in [0.05, 0.1) is 12.3 Å². The highest BCUT2D eigenvalue weighted by molar-refractivity contribution is 7.99. The van der Waals surface area contributed by atoms with Crippen LogP contribution in [0.2, 0.25) is 0 Å². The molecule has 1 aliphatic heterocycles. The minimum Gasteiger partial charge on any atom is -0.490 e. The average Bonchev–Trinajstić information content (AvgIpc) is 3.46. The lowest BCUT2D eigenvalue weighted by Crippen LogP contribution is -2.24. The van der Waals surface area contributed by atoms with Gasteiger partial charge in [-0.1, -0.05) is 29.1 Å². The number of oxazole rings is 1. The summed E-state index contributed by atoms with van der Waals surface area (Å²) < 4.78 is 16.8. The number of fused-ring (bicyclic) bond motifs is 2. The van der Waals surface area contributed by atoms with Crippen LogP contribution in [0.5, 0.6) is 5.75 Å². The van der Waals surface area contributed by atoms with Crippen molar-refractivity contribution in [2.45, 2.75) is 31.2 Å². The van der Waals surface area contributed by atoms with Crippen molar-refractivity contribution in [2.24, 2.45) is 0 Å². The molecule has 152 valence electrons. The summed E-state index contributed by atoms with van der Waals surface area (Å²) in [6, 6.07) is 15.3. The number of para-hydroxylation sites is 2. The molecule has 4 aromatic rings.